The predicted molar refractivity (Wildman–Crippen MR) is 50.2 cm³/mol. The second kappa shape index (κ2) is 5.83. The lowest BCUT2D eigenvalue weighted by Gasteiger charge is -2.06. The molecule has 0 aliphatic heterocycles. The van der Waals surface area contributed by atoms with E-state index in [0.29, 0.717) is 0 Å². The summed E-state index contributed by atoms with van der Waals surface area (Å²) in [5.41, 5.74) is -0.548. The Morgan fingerprint density at radius 3 is 1.47 bits per heavy atom. The van der Waals surface area contributed by atoms with Crippen LogP contribution in [0.15, 0.2) is 24.3 Å². The van der Waals surface area contributed by atoms with E-state index in [4.69, 9.17) is 17.5 Å². The van der Waals surface area contributed by atoms with Crippen LogP contribution in [0.3, 0.4) is 0 Å². The maximum atomic E-state index is 10.2. The van der Waals surface area contributed by atoms with Crippen molar-refractivity contribution in [2.24, 2.45) is 0 Å². The minimum Gasteiger partial charge on any atom is -0.759 e. The van der Waals surface area contributed by atoms with Gasteiger partial charge >= 0.3 is 0 Å². The summed E-state index contributed by atoms with van der Waals surface area (Å²) in [5, 5.41) is 20.3. The zero-order valence-corrected chi connectivity index (χ0v) is 8.69. The molecule has 1 aromatic rings. The molecule has 94 valence electrons. The Kier molecular flexibility index (Phi) is 5.11. The molecule has 0 aromatic heterocycles. The molecule has 0 saturated heterocycles. The summed E-state index contributed by atoms with van der Waals surface area (Å²) in [5.74, 6) is 0. The molecule has 1 aromatic carbocycles. The average Bonchev–Trinajstić information content (AvgIpc) is 2.15. The van der Waals surface area contributed by atoms with Crippen LogP contribution in [-0.4, -0.2) is 27.4 Å². The van der Waals surface area contributed by atoms with E-state index in [1.807, 2.05) is 0 Å². The molecular formula is C6H4N2O8S-2. The lowest BCUT2D eigenvalue weighted by Crippen LogP contribution is -1.91. The van der Waals surface area contributed by atoms with Crippen LogP contribution in [0.5, 0.6) is 0 Å². The van der Waals surface area contributed by atoms with Gasteiger partial charge in [-0.1, -0.05) is 0 Å². The molecule has 0 aliphatic rings. The van der Waals surface area contributed by atoms with Crippen LogP contribution in [0.2, 0.25) is 0 Å². The van der Waals surface area contributed by atoms with Crippen molar-refractivity contribution in [3.8, 4) is 0 Å². The third-order valence-corrected chi connectivity index (χ3v) is 1.25. The van der Waals surface area contributed by atoms with Gasteiger partial charge in [-0.05, 0) is 6.07 Å². The van der Waals surface area contributed by atoms with Crippen molar-refractivity contribution in [2.45, 2.75) is 0 Å². The van der Waals surface area contributed by atoms with Crippen LogP contribution in [0.4, 0.5) is 11.4 Å². The maximum absolute atomic E-state index is 10.2. The Morgan fingerprint density at radius 2 is 1.24 bits per heavy atom. The third-order valence-electron chi connectivity index (χ3n) is 1.25. The quantitative estimate of drug-likeness (QED) is 0.315. The number of hydrogen-bond acceptors (Lipinski definition) is 8. The lowest BCUT2D eigenvalue weighted by atomic mass is 10.3. The van der Waals surface area contributed by atoms with Crippen molar-refractivity contribution in [3.05, 3.63) is 44.5 Å². The smallest absolute Gasteiger partial charge is 0.276 e. The molecule has 0 atom stereocenters. The van der Waals surface area contributed by atoms with E-state index < -0.39 is 20.2 Å². The summed E-state index contributed by atoms with van der Waals surface area (Å²) in [6.45, 7) is 0. The minimum atomic E-state index is -5.17. The van der Waals surface area contributed by atoms with Gasteiger partial charge in [-0.3, -0.25) is 28.6 Å². The molecule has 0 heterocycles. The highest BCUT2D eigenvalue weighted by Crippen LogP contribution is 2.18. The van der Waals surface area contributed by atoms with Gasteiger partial charge < -0.3 is 9.11 Å². The highest BCUT2D eigenvalue weighted by Gasteiger charge is 2.11. The Balaban J connectivity index is 0.000000437. The third kappa shape index (κ3) is 7.78. The number of hydrogen-bond donors (Lipinski definition) is 0. The molecule has 0 N–H and O–H groups in total. The molecule has 10 nitrogen and oxygen atoms in total. The highest BCUT2D eigenvalue weighted by atomic mass is 32.3. The van der Waals surface area contributed by atoms with Crippen molar-refractivity contribution < 1.29 is 27.4 Å². The Labute approximate surface area is 94.4 Å². The molecule has 0 aliphatic carbocycles. The van der Waals surface area contributed by atoms with Gasteiger partial charge in [-0.15, -0.1) is 0 Å². The number of nitrogens with zero attached hydrogens (tertiary/aromatic N) is 2. The summed E-state index contributed by atoms with van der Waals surface area (Å²) >= 11 is 0. The molecule has 0 amide bonds. The van der Waals surface area contributed by atoms with Gasteiger partial charge in [0.1, 0.15) is 0 Å². The van der Waals surface area contributed by atoms with E-state index >= 15 is 0 Å². The fraction of sp³-hybridized carbons (Fsp3) is 0. The first-order valence-electron chi connectivity index (χ1n) is 3.67. The van der Waals surface area contributed by atoms with Gasteiger partial charge in [0, 0.05) is 22.5 Å². The Bertz CT molecular complexity index is 487. The van der Waals surface area contributed by atoms with Crippen molar-refractivity contribution in [1.82, 2.24) is 0 Å². The lowest BCUT2D eigenvalue weighted by molar-refractivity contribution is -0.394. The maximum Gasteiger partial charge on any atom is 0.276 e. The van der Waals surface area contributed by atoms with E-state index in [1.54, 1.807) is 0 Å². The van der Waals surface area contributed by atoms with Crippen LogP contribution in [0.25, 0.3) is 0 Å². The van der Waals surface area contributed by atoms with Gasteiger partial charge in [-0.2, -0.15) is 0 Å². The van der Waals surface area contributed by atoms with E-state index in [9.17, 15) is 20.2 Å². The van der Waals surface area contributed by atoms with Crippen molar-refractivity contribution in [2.75, 3.05) is 0 Å². The number of nitro groups is 2. The zero-order chi connectivity index (χ0) is 13.6. The van der Waals surface area contributed by atoms with E-state index in [0.717, 1.165) is 6.07 Å². The molecule has 0 bridgehead atoms. The van der Waals surface area contributed by atoms with Crippen molar-refractivity contribution in [1.29, 1.82) is 0 Å². The Morgan fingerprint density at radius 1 is 0.941 bits per heavy atom. The first-order valence-corrected chi connectivity index (χ1v) is 5.00. The predicted octanol–water partition coefficient (Wildman–Crippen LogP) is 0.165. The summed E-state index contributed by atoms with van der Waals surface area (Å²) in [7, 11) is -5.17. The van der Waals surface area contributed by atoms with Crippen LogP contribution >= 0.6 is 0 Å². The monoisotopic (exact) mass is 264 g/mol. The average molecular weight is 264 g/mol. The fourth-order valence-electron chi connectivity index (χ4n) is 0.720. The molecular weight excluding hydrogens is 260 g/mol. The molecule has 0 unspecified atom stereocenters. The highest BCUT2D eigenvalue weighted by molar-refractivity contribution is 7.79. The van der Waals surface area contributed by atoms with Gasteiger partial charge in [0.05, 0.1) is 15.9 Å². The summed E-state index contributed by atoms with van der Waals surface area (Å²) in [6, 6.07) is 4.59. The number of benzene rings is 1. The SMILES string of the molecule is O=S(=O)([O-])[O-].O=[N+]([O-])c1cccc([N+](=O)[O-])c1. The first-order chi connectivity index (χ1) is 7.61. The van der Waals surface area contributed by atoms with E-state index in [-0.39, 0.29) is 11.4 Å². The molecule has 17 heavy (non-hydrogen) atoms. The van der Waals surface area contributed by atoms with Crippen molar-refractivity contribution >= 4 is 21.8 Å². The van der Waals surface area contributed by atoms with Crippen LogP contribution in [-0.2, 0) is 10.4 Å². The van der Waals surface area contributed by atoms with E-state index in [1.165, 1.54) is 18.2 Å². The van der Waals surface area contributed by atoms with Gasteiger partial charge in [0.2, 0.25) is 0 Å². The fourth-order valence-corrected chi connectivity index (χ4v) is 0.720. The molecule has 0 fully saturated rings. The van der Waals surface area contributed by atoms with Crippen LogP contribution in [0, 0.1) is 20.2 Å². The molecule has 11 heteroatoms. The molecule has 0 radical (unpaired) electrons. The van der Waals surface area contributed by atoms with Crippen LogP contribution in [0.1, 0.15) is 0 Å². The summed E-state index contributed by atoms with van der Waals surface area (Å²) in [6.07, 6.45) is 0. The normalized spacial score (nSPS) is 10.0. The standard InChI is InChI=1S/C6H4N2O4.H2O4S/c9-7(10)5-2-1-3-6(4-5)8(11)12;1-5(2,3)4/h1-4H;(H2,1,2,3,4)/p-2. The number of non-ortho nitro benzene ring substituents is 2. The van der Waals surface area contributed by atoms with Gasteiger partial charge in [0.25, 0.3) is 11.4 Å². The molecule has 0 spiro atoms. The largest absolute Gasteiger partial charge is 0.759 e. The number of rotatable bonds is 2. The second-order valence-electron chi connectivity index (χ2n) is 2.44. The Hall–Kier alpha value is -2.11. The minimum absolute atomic E-state index is 0.274. The summed E-state index contributed by atoms with van der Waals surface area (Å²) < 4.78 is 34.1. The van der Waals surface area contributed by atoms with Crippen molar-refractivity contribution in [3.63, 3.8) is 0 Å². The van der Waals surface area contributed by atoms with Gasteiger partial charge in [-0.25, -0.2) is 0 Å². The summed E-state index contributed by atoms with van der Waals surface area (Å²) in [4.78, 5) is 19.0. The molecule has 0 saturated carbocycles. The topological polar surface area (TPSA) is 167 Å². The number of nitro benzene ring substituents is 2. The second-order valence-corrected chi connectivity index (χ2v) is 3.26. The molecule has 1 rings (SSSR count). The van der Waals surface area contributed by atoms with E-state index in [2.05, 4.69) is 0 Å². The first kappa shape index (κ1) is 14.9. The van der Waals surface area contributed by atoms with Crippen LogP contribution < -0.4 is 0 Å². The van der Waals surface area contributed by atoms with Gasteiger partial charge in [0.15, 0.2) is 0 Å². The zero-order valence-electron chi connectivity index (χ0n) is 7.88.